The van der Waals surface area contributed by atoms with Crippen LogP contribution in [-0.4, -0.2) is 15.0 Å². The van der Waals surface area contributed by atoms with Crippen molar-refractivity contribution in [3.8, 4) is 101 Å². The third-order valence-electron chi connectivity index (χ3n) is 21.8. The van der Waals surface area contributed by atoms with Crippen LogP contribution in [0.5, 0.6) is 0 Å². The van der Waals surface area contributed by atoms with Crippen molar-refractivity contribution in [1.29, 1.82) is 0 Å². The van der Waals surface area contributed by atoms with Gasteiger partial charge in [0.1, 0.15) is 27.0 Å². The smallest absolute Gasteiger partial charge is 0.213 e. The average molecular weight is 1230 g/mol. The highest BCUT2D eigenvalue weighted by molar-refractivity contribution is 5.88. The lowest BCUT2D eigenvalue weighted by Gasteiger charge is -2.25. The Morgan fingerprint density at radius 3 is 1.23 bits per heavy atom. The minimum absolute atomic E-state index is 0.0975. The number of pyridine rings is 6. The number of rotatable bonds is 6. The fourth-order valence-electron chi connectivity index (χ4n) is 16.8. The van der Waals surface area contributed by atoms with Crippen molar-refractivity contribution in [1.82, 2.24) is 15.0 Å². The first-order valence-corrected chi connectivity index (χ1v) is 33.7. The predicted octanol–water partition coefficient (Wildman–Crippen LogP) is 19.4. The minimum atomic E-state index is -0.214. The van der Waals surface area contributed by atoms with E-state index in [0.29, 0.717) is 0 Å². The van der Waals surface area contributed by atoms with Crippen LogP contribution < -0.4 is 13.7 Å². The van der Waals surface area contributed by atoms with Crippen LogP contribution in [-0.2, 0) is 37.4 Å². The highest BCUT2D eigenvalue weighted by atomic mass is 19.1. The third kappa shape index (κ3) is 10.1. The second-order valence-corrected chi connectivity index (χ2v) is 28.0. The van der Waals surface area contributed by atoms with E-state index in [1.807, 2.05) is 36.8 Å². The number of benzene rings is 6. The van der Waals surface area contributed by atoms with Gasteiger partial charge in [-0.1, -0.05) is 148 Å². The Hall–Kier alpha value is -9.85. The summed E-state index contributed by atoms with van der Waals surface area (Å²) in [6.45, 7) is 15.5. The SMILES string of the molecule is Cc1cc(-c2cc3c(cc2C)C(C)(C)c2ncccc2-3)[n+](C)cc1-c1ccc(F)cc1.Cc1cc2c(cc1-c1cc(-c3ccccc3)cc[n+]1C)-c1cccnc1C21CCCC1.Cc1ccc(-c2cc[n+](C)c(-c3cc4c(cc3C)C3(CCCC3)c3ncccc3-4)c2)cc1. The van der Waals surface area contributed by atoms with Gasteiger partial charge in [0.05, 0.1) is 17.1 Å². The van der Waals surface area contributed by atoms with Crippen LogP contribution in [0.25, 0.3) is 101 Å². The summed E-state index contributed by atoms with van der Waals surface area (Å²) in [6, 6.07) is 64.9. The highest BCUT2D eigenvalue weighted by Crippen LogP contribution is 2.59. The number of aromatic nitrogens is 6. The molecule has 2 fully saturated rings. The lowest BCUT2D eigenvalue weighted by atomic mass is 9.78. The van der Waals surface area contributed by atoms with Gasteiger partial charge >= 0.3 is 0 Å². The first-order chi connectivity index (χ1) is 45.5. The maximum atomic E-state index is 13.4. The number of hydrogen-bond donors (Lipinski definition) is 0. The molecule has 0 unspecified atom stereocenters. The van der Waals surface area contributed by atoms with Crippen LogP contribution in [0.15, 0.2) is 219 Å². The lowest BCUT2D eigenvalue weighted by Crippen LogP contribution is -2.31. The molecule has 2 saturated carbocycles. The van der Waals surface area contributed by atoms with E-state index in [9.17, 15) is 4.39 Å². The van der Waals surface area contributed by atoms with Gasteiger partial charge in [0, 0.05) is 104 Å². The fraction of sp³-hybridized carbons (Fsp3) is 0.241. The second-order valence-electron chi connectivity index (χ2n) is 28.0. The van der Waals surface area contributed by atoms with Gasteiger partial charge in [-0.25, -0.2) is 18.1 Å². The number of halogens is 1. The van der Waals surface area contributed by atoms with Gasteiger partial charge in [-0.05, 0) is 192 Å². The van der Waals surface area contributed by atoms with Gasteiger partial charge in [0.15, 0.2) is 18.6 Å². The van der Waals surface area contributed by atoms with Crippen LogP contribution in [0.4, 0.5) is 4.39 Å². The first-order valence-electron chi connectivity index (χ1n) is 33.7. The van der Waals surface area contributed by atoms with Gasteiger partial charge < -0.3 is 0 Å². The van der Waals surface area contributed by atoms with E-state index in [1.165, 1.54) is 209 Å². The number of nitrogens with zero attached hydrogens (tertiary/aromatic N) is 6. The Labute approximate surface area is 554 Å². The van der Waals surface area contributed by atoms with Crippen LogP contribution >= 0.6 is 0 Å². The topological polar surface area (TPSA) is 50.3 Å². The molecule has 0 atom stereocenters. The van der Waals surface area contributed by atoms with Gasteiger partial charge in [-0.15, -0.1) is 0 Å². The van der Waals surface area contributed by atoms with Crippen LogP contribution in [0.3, 0.4) is 0 Å². The van der Waals surface area contributed by atoms with E-state index in [0.717, 1.165) is 16.8 Å². The van der Waals surface area contributed by atoms with Gasteiger partial charge in [-0.3, -0.25) is 15.0 Å². The van der Waals surface area contributed by atoms with E-state index in [2.05, 4.69) is 254 Å². The van der Waals surface area contributed by atoms with Crippen molar-refractivity contribution in [2.24, 2.45) is 21.1 Å². The molecule has 5 aliphatic carbocycles. The Morgan fingerprint density at radius 1 is 0.340 bits per heavy atom. The van der Waals surface area contributed by atoms with Crippen molar-refractivity contribution >= 4 is 0 Å². The molecule has 0 saturated heterocycles. The Morgan fingerprint density at radius 2 is 0.745 bits per heavy atom. The monoisotopic (exact) mass is 1230 g/mol. The van der Waals surface area contributed by atoms with Gasteiger partial charge in [-0.2, -0.15) is 0 Å². The molecule has 6 aromatic heterocycles. The first kappa shape index (κ1) is 60.4. The molecule has 6 aromatic carbocycles. The van der Waals surface area contributed by atoms with Crippen LogP contribution in [0, 0.1) is 40.4 Å². The number of hydrogen-bond acceptors (Lipinski definition) is 3. The summed E-state index contributed by atoms with van der Waals surface area (Å²) in [5.74, 6) is -0.214. The summed E-state index contributed by atoms with van der Waals surface area (Å²) >= 11 is 0. The average Bonchev–Trinajstić information content (AvgIpc) is 1.57. The molecular weight excluding hydrogens is 1150 g/mol. The summed E-state index contributed by atoms with van der Waals surface area (Å²) in [5.41, 5.74) is 37.3. The van der Waals surface area contributed by atoms with Crippen LogP contribution in [0.2, 0.25) is 0 Å². The Kier molecular flexibility index (Phi) is 15.2. The second kappa shape index (κ2) is 23.6. The molecule has 6 nitrogen and oxygen atoms in total. The molecule has 2 spiro atoms. The lowest BCUT2D eigenvalue weighted by molar-refractivity contribution is -0.660. The van der Waals surface area contributed by atoms with Gasteiger partial charge in [0.2, 0.25) is 17.1 Å². The maximum Gasteiger partial charge on any atom is 0.213 e. The molecule has 12 aromatic rings. The molecule has 0 radical (unpaired) electrons. The molecule has 94 heavy (non-hydrogen) atoms. The predicted molar refractivity (Wildman–Crippen MR) is 379 cm³/mol. The standard InChI is InChI=1S/C30H29N2.C29H27N2.C28H26FN2/c1-20-8-10-22(11-9-20)23-12-16-32(3)28(18-23)25-19-26-24-7-6-15-31-29(24)30(13-4-5-14-30)27(26)17-21(25)2;1-20-17-26-25(23-11-8-15-30-28(23)29(26)13-6-7-14-29)19-24(20)27-18-22(12-16-31(27)2)21-9-4-3-5-10-21;1-17-13-25-23(21-7-6-12-30-27(21)28(25,3)4)15-22(17)26-14-18(2)24(16-31(26)5)19-8-10-20(29)11-9-19/h6-12,15-19H,4-5,13-14H2,1-3H3;3-5,8-12,15-19H,6-7,13-14H2,1-2H3;6-16H,1-5H3/q3*+1. The van der Waals surface area contributed by atoms with E-state index in [-0.39, 0.29) is 22.1 Å². The Bertz CT molecular complexity index is 4970. The number of aryl methyl sites for hydroxylation is 8. The zero-order valence-electron chi connectivity index (χ0n) is 56.0. The largest absolute Gasteiger partial charge is 0.260 e. The summed E-state index contributed by atoms with van der Waals surface area (Å²) < 4.78 is 20.0. The molecule has 17 rings (SSSR count). The van der Waals surface area contributed by atoms with Crippen molar-refractivity contribution in [2.45, 2.75) is 116 Å². The fourth-order valence-corrected chi connectivity index (χ4v) is 16.8. The molecular formula is C87H82FN6+3. The molecule has 7 heteroatoms. The molecule has 0 amide bonds. The van der Waals surface area contributed by atoms with E-state index in [4.69, 9.17) is 15.0 Å². The summed E-state index contributed by atoms with van der Waals surface area (Å²) in [4.78, 5) is 14.5. The summed E-state index contributed by atoms with van der Waals surface area (Å²) in [7, 11) is 6.37. The van der Waals surface area contributed by atoms with Crippen molar-refractivity contribution in [2.75, 3.05) is 0 Å². The van der Waals surface area contributed by atoms with Crippen molar-refractivity contribution in [3.63, 3.8) is 0 Å². The molecule has 464 valence electrons. The molecule has 5 aliphatic rings. The van der Waals surface area contributed by atoms with Crippen molar-refractivity contribution < 1.29 is 18.1 Å². The van der Waals surface area contributed by atoms with Gasteiger partial charge in [0.25, 0.3) is 0 Å². The third-order valence-corrected chi connectivity index (χ3v) is 21.8. The molecule has 0 aliphatic heterocycles. The zero-order chi connectivity index (χ0) is 64.8. The van der Waals surface area contributed by atoms with Crippen LogP contribution in [0.1, 0.15) is 127 Å². The van der Waals surface area contributed by atoms with Crippen molar-refractivity contribution in [3.05, 3.63) is 287 Å². The quantitative estimate of drug-likeness (QED) is 0.156. The number of fused-ring (bicyclic) bond motifs is 13. The Balaban J connectivity index is 0.000000116. The molecule has 0 bridgehead atoms. The normalized spacial score (nSPS) is 15.1. The molecule has 6 heterocycles. The zero-order valence-corrected chi connectivity index (χ0v) is 56.0. The molecule has 0 N–H and O–H groups in total. The maximum absolute atomic E-state index is 13.4. The van der Waals surface area contributed by atoms with E-state index >= 15 is 0 Å². The van der Waals surface area contributed by atoms with E-state index < -0.39 is 0 Å². The summed E-state index contributed by atoms with van der Waals surface area (Å²) in [5, 5.41) is 0. The van der Waals surface area contributed by atoms with E-state index in [1.54, 1.807) is 0 Å². The highest BCUT2D eigenvalue weighted by Gasteiger charge is 2.48. The summed E-state index contributed by atoms with van der Waals surface area (Å²) in [6.07, 6.45) is 22.4. The minimum Gasteiger partial charge on any atom is -0.260 e.